The zero-order chi connectivity index (χ0) is 16.3. The van der Waals surface area contributed by atoms with E-state index in [1.807, 2.05) is 0 Å². The van der Waals surface area contributed by atoms with Crippen LogP contribution < -0.4 is 9.46 Å². The van der Waals surface area contributed by atoms with Gasteiger partial charge >= 0.3 is 0 Å². The quantitative estimate of drug-likeness (QED) is 0.674. The number of anilines is 1. The molecule has 0 aromatic heterocycles. The van der Waals surface area contributed by atoms with Gasteiger partial charge in [0, 0.05) is 5.69 Å². The lowest BCUT2D eigenvalue weighted by atomic mass is 10.2. The third-order valence-electron chi connectivity index (χ3n) is 2.86. The van der Waals surface area contributed by atoms with Crippen molar-refractivity contribution < 1.29 is 18.1 Å². The lowest BCUT2D eigenvalue weighted by molar-refractivity contribution is -0.387. The van der Waals surface area contributed by atoms with Crippen molar-refractivity contribution in [2.75, 3.05) is 11.8 Å². The topological polar surface area (TPSA) is 98.5 Å². The molecule has 0 aliphatic carbocycles. The fourth-order valence-electron chi connectivity index (χ4n) is 1.78. The Balaban J connectivity index is 2.44. The Kier molecular flexibility index (Phi) is 4.32. The summed E-state index contributed by atoms with van der Waals surface area (Å²) in [5.74, 6) is 0.201. The highest BCUT2D eigenvalue weighted by atomic mass is 32.2. The van der Waals surface area contributed by atoms with Crippen LogP contribution in [0.2, 0.25) is 0 Å². The normalized spacial score (nSPS) is 11.0. The molecule has 0 heterocycles. The van der Waals surface area contributed by atoms with Crippen molar-refractivity contribution in [3.05, 3.63) is 65.1 Å². The summed E-state index contributed by atoms with van der Waals surface area (Å²) in [5.41, 5.74) is 0.455. The lowest BCUT2D eigenvalue weighted by Gasteiger charge is -2.09. The molecule has 0 atom stereocenters. The number of nitro benzene ring substituents is 1. The first kappa shape index (κ1) is 15.8. The number of ether oxygens (including phenoxy) is 1. The van der Waals surface area contributed by atoms with E-state index >= 15 is 0 Å². The van der Waals surface area contributed by atoms with Crippen LogP contribution in [0.15, 0.2) is 47.4 Å². The molecule has 0 saturated heterocycles. The molecule has 2 rings (SSSR count). The molecule has 8 heteroatoms. The Labute approximate surface area is 127 Å². The van der Waals surface area contributed by atoms with Crippen molar-refractivity contribution in [2.45, 2.75) is 4.90 Å². The van der Waals surface area contributed by atoms with Gasteiger partial charge in [-0.2, -0.15) is 0 Å². The average Bonchev–Trinajstić information content (AvgIpc) is 2.48. The first-order chi connectivity index (χ1) is 10.3. The Bertz CT molecular complexity index is 800. The maximum absolute atomic E-state index is 12.3. The third-order valence-corrected chi connectivity index (χ3v) is 4.29. The SMILES string of the molecule is [CH2]c1ccc(NS(=O)(=O)c2ccc(OC)cc2[N+](=O)[O-])cc1. The van der Waals surface area contributed by atoms with Crippen molar-refractivity contribution in [2.24, 2.45) is 0 Å². The summed E-state index contributed by atoms with van der Waals surface area (Å²) in [5, 5.41) is 11.1. The van der Waals surface area contributed by atoms with E-state index in [0.29, 0.717) is 0 Å². The molecule has 1 radical (unpaired) electrons. The first-order valence-electron chi connectivity index (χ1n) is 6.11. The van der Waals surface area contributed by atoms with Gasteiger partial charge in [-0.1, -0.05) is 12.1 Å². The van der Waals surface area contributed by atoms with Crippen LogP contribution in [-0.4, -0.2) is 20.5 Å². The van der Waals surface area contributed by atoms with E-state index < -0.39 is 25.5 Å². The number of nitrogens with one attached hydrogen (secondary N) is 1. The summed E-state index contributed by atoms with van der Waals surface area (Å²) in [6.45, 7) is 3.69. The Morgan fingerprint density at radius 2 is 1.82 bits per heavy atom. The van der Waals surface area contributed by atoms with E-state index in [-0.39, 0.29) is 11.4 Å². The second-order valence-electron chi connectivity index (χ2n) is 4.39. The largest absolute Gasteiger partial charge is 0.497 e. The molecule has 115 valence electrons. The van der Waals surface area contributed by atoms with E-state index in [4.69, 9.17) is 4.74 Å². The predicted octanol–water partition coefficient (Wildman–Crippen LogP) is 2.59. The smallest absolute Gasteiger partial charge is 0.293 e. The van der Waals surface area contributed by atoms with Crippen LogP contribution in [0.1, 0.15) is 5.56 Å². The van der Waals surface area contributed by atoms with Gasteiger partial charge in [-0.25, -0.2) is 8.42 Å². The standard InChI is InChI=1S/C14H13N2O5S/c1-10-3-5-11(6-4-10)15-22(19,20)14-8-7-12(21-2)9-13(14)16(17)18/h3-9,15H,1H2,2H3. The second-order valence-corrected chi connectivity index (χ2v) is 6.04. The predicted molar refractivity (Wildman–Crippen MR) is 81.4 cm³/mol. The van der Waals surface area contributed by atoms with Crippen LogP contribution in [0.5, 0.6) is 5.75 Å². The Morgan fingerprint density at radius 3 is 2.36 bits per heavy atom. The molecular weight excluding hydrogens is 308 g/mol. The molecule has 1 N–H and O–H groups in total. The lowest BCUT2D eigenvalue weighted by Crippen LogP contribution is -2.14. The number of benzene rings is 2. The van der Waals surface area contributed by atoms with Gasteiger partial charge in [-0.15, -0.1) is 0 Å². The van der Waals surface area contributed by atoms with Crippen molar-refractivity contribution in [3.63, 3.8) is 0 Å². The van der Waals surface area contributed by atoms with E-state index in [0.717, 1.165) is 17.7 Å². The van der Waals surface area contributed by atoms with E-state index in [1.165, 1.54) is 25.3 Å². The van der Waals surface area contributed by atoms with Gasteiger partial charge in [0.1, 0.15) is 5.75 Å². The van der Waals surface area contributed by atoms with Crippen molar-refractivity contribution >= 4 is 21.4 Å². The molecule has 0 amide bonds. The molecular formula is C14H13N2O5S. The van der Waals surface area contributed by atoms with Crippen LogP contribution in [-0.2, 0) is 10.0 Å². The highest BCUT2D eigenvalue weighted by Crippen LogP contribution is 2.29. The molecule has 7 nitrogen and oxygen atoms in total. The zero-order valence-corrected chi connectivity index (χ0v) is 12.5. The molecule has 0 bridgehead atoms. The van der Waals surface area contributed by atoms with E-state index in [9.17, 15) is 18.5 Å². The summed E-state index contributed by atoms with van der Waals surface area (Å²) >= 11 is 0. The monoisotopic (exact) mass is 321 g/mol. The highest BCUT2D eigenvalue weighted by molar-refractivity contribution is 7.92. The minimum atomic E-state index is -4.09. The van der Waals surface area contributed by atoms with Crippen molar-refractivity contribution in [3.8, 4) is 5.75 Å². The number of nitro groups is 1. The maximum Gasteiger partial charge on any atom is 0.293 e. The van der Waals surface area contributed by atoms with Gasteiger partial charge in [0.15, 0.2) is 4.90 Å². The number of methoxy groups -OCH3 is 1. The molecule has 0 saturated carbocycles. The number of rotatable bonds is 5. The van der Waals surface area contributed by atoms with Crippen LogP contribution in [0.4, 0.5) is 11.4 Å². The van der Waals surface area contributed by atoms with E-state index in [1.54, 1.807) is 12.1 Å². The zero-order valence-electron chi connectivity index (χ0n) is 11.6. The van der Waals surface area contributed by atoms with Gasteiger partial charge in [0.05, 0.1) is 18.1 Å². The molecule has 0 aliphatic heterocycles. The molecule has 22 heavy (non-hydrogen) atoms. The Morgan fingerprint density at radius 1 is 1.18 bits per heavy atom. The molecule has 2 aromatic carbocycles. The molecule has 0 spiro atoms. The average molecular weight is 321 g/mol. The molecule has 0 unspecified atom stereocenters. The maximum atomic E-state index is 12.3. The van der Waals surface area contributed by atoms with Crippen molar-refractivity contribution in [1.82, 2.24) is 0 Å². The molecule has 0 aliphatic rings. The summed E-state index contributed by atoms with van der Waals surface area (Å²) < 4.78 is 31.9. The van der Waals surface area contributed by atoms with Crippen molar-refractivity contribution in [1.29, 1.82) is 0 Å². The van der Waals surface area contributed by atoms with Gasteiger partial charge in [-0.05, 0) is 36.8 Å². The summed E-state index contributed by atoms with van der Waals surface area (Å²) in [7, 11) is -2.76. The van der Waals surface area contributed by atoms with Gasteiger partial charge < -0.3 is 4.74 Å². The van der Waals surface area contributed by atoms with Crippen LogP contribution in [0, 0.1) is 17.0 Å². The fraction of sp³-hybridized carbons (Fsp3) is 0.0714. The van der Waals surface area contributed by atoms with Gasteiger partial charge in [0.25, 0.3) is 15.7 Å². The summed E-state index contributed by atoms with van der Waals surface area (Å²) in [6.07, 6.45) is 0. The number of nitrogens with zero attached hydrogens (tertiary/aromatic N) is 1. The third kappa shape index (κ3) is 3.34. The second kappa shape index (κ2) is 6.02. The number of sulfonamides is 1. The number of hydrogen-bond donors (Lipinski definition) is 1. The summed E-state index contributed by atoms with van der Waals surface area (Å²) in [6, 6.07) is 9.84. The van der Waals surface area contributed by atoms with Crippen LogP contribution in [0.3, 0.4) is 0 Å². The molecule has 0 fully saturated rings. The molecule has 2 aromatic rings. The first-order valence-corrected chi connectivity index (χ1v) is 7.59. The number of hydrogen-bond acceptors (Lipinski definition) is 5. The minimum Gasteiger partial charge on any atom is -0.497 e. The highest BCUT2D eigenvalue weighted by Gasteiger charge is 2.26. The summed E-state index contributed by atoms with van der Waals surface area (Å²) in [4.78, 5) is 9.88. The van der Waals surface area contributed by atoms with E-state index in [2.05, 4.69) is 11.6 Å². The van der Waals surface area contributed by atoms with Crippen LogP contribution in [0.25, 0.3) is 0 Å². The fourth-order valence-corrected chi connectivity index (χ4v) is 2.99. The van der Waals surface area contributed by atoms with Gasteiger partial charge in [0.2, 0.25) is 0 Å². The van der Waals surface area contributed by atoms with Gasteiger partial charge in [-0.3, -0.25) is 14.8 Å². The minimum absolute atomic E-state index is 0.201. The Hall–Kier alpha value is -2.61. The van der Waals surface area contributed by atoms with Crippen LogP contribution >= 0.6 is 0 Å².